The number of sulfone groups is 1. The lowest BCUT2D eigenvalue weighted by Crippen LogP contribution is -2.49. The number of anilines is 2. The molecule has 0 spiro atoms. The summed E-state index contributed by atoms with van der Waals surface area (Å²) >= 11 is 1.40. The molecule has 0 radical (unpaired) electrons. The van der Waals surface area contributed by atoms with Crippen LogP contribution in [0.25, 0.3) is 0 Å². The molecule has 0 aliphatic carbocycles. The number of para-hydroxylation sites is 1. The van der Waals surface area contributed by atoms with E-state index in [4.69, 9.17) is 0 Å². The Morgan fingerprint density at radius 2 is 1.81 bits per heavy atom. The normalized spacial score (nSPS) is 19.8. The van der Waals surface area contributed by atoms with Crippen molar-refractivity contribution in [2.45, 2.75) is 40.6 Å². The molecule has 170 valence electrons. The molecule has 7 nitrogen and oxygen atoms in total. The minimum atomic E-state index is -3.71. The van der Waals surface area contributed by atoms with Crippen LogP contribution in [-0.4, -0.2) is 61.8 Å². The lowest BCUT2D eigenvalue weighted by Gasteiger charge is -2.36. The lowest BCUT2D eigenvalue weighted by molar-refractivity contribution is -0.131. The predicted octanol–water partition coefficient (Wildman–Crippen LogP) is 3.02. The molecule has 32 heavy (non-hydrogen) atoms. The third-order valence-corrected chi connectivity index (χ3v) is 9.27. The van der Waals surface area contributed by atoms with Gasteiger partial charge in [0, 0.05) is 43.2 Å². The van der Waals surface area contributed by atoms with Crippen molar-refractivity contribution in [3.8, 4) is 0 Å². The van der Waals surface area contributed by atoms with E-state index >= 15 is 0 Å². The van der Waals surface area contributed by atoms with Gasteiger partial charge in [-0.25, -0.2) is 8.42 Å². The van der Waals surface area contributed by atoms with Crippen LogP contribution in [0.2, 0.25) is 0 Å². The summed E-state index contributed by atoms with van der Waals surface area (Å²) in [6.45, 7) is 5.96. The summed E-state index contributed by atoms with van der Waals surface area (Å²) < 4.78 is 26.2. The van der Waals surface area contributed by atoms with Crippen LogP contribution in [0.15, 0.2) is 58.3 Å². The van der Waals surface area contributed by atoms with Gasteiger partial charge >= 0.3 is 0 Å². The highest BCUT2D eigenvalue weighted by atomic mass is 32.2. The zero-order valence-electron chi connectivity index (χ0n) is 18.2. The molecule has 2 amide bonds. The number of fused-ring (bicyclic) bond motifs is 1. The van der Waals surface area contributed by atoms with Crippen molar-refractivity contribution >= 4 is 44.8 Å². The Hall–Kier alpha value is -2.52. The molecule has 2 aliphatic heterocycles. The molecule has 2 aromatic carbocycles. The molecule has 2 aromatic rings. The Balaban J connectivity index is 1.39. The Kier molecular flexibility index (Phi) is 6.48. The van der Waals surface area contributed by atoms with Crippen molar-refractivity contribution in [3.63, 3.8) is 0 Å². The van der Waals surface area contributed by atoms with Crippen molar-refractivity contribution in [1.82, 2.24) is 4.90 Å². The standard InChI is InChI=1S/C23H27N3O4S2/c1-16(14-22(27)26-12-10-25(11-13-26)18-6-4-3-5-7-18)32(29,30)19-8-9-21-20(15-19)24-23(28)17(2)31-21/h3-9,15-17H,10-14H2,1-2H3,(H,24,28)/t16-,17-/m0/s1. The number of amides is 2. The van der Waals surface area contributed by atoms with Crippen LogP contribution in [0.1, 0.15) is 20.3 Å². The van der Waals surface area contributed by atoms with Crippen molar-refractivity contribution < 1.29 is 18.0 Å². The van der Waals surface area contributed by atoms with Crippen LogP contribution in [0.5, 0.6) is 0 Å². The number of hydrogen-bond donors (Lipinski definition) is 1. The number of thioether (sulfide) groups is 1. The maximum absolute atomic E-state index is 13.1. The van der Waals surface area contributed by atoms with E-state index in [9.17, 15) is 18.0 Å². The third kappa shape index (κ3) is 4.63. The van der Waals surface area contributed by atoms with Gasteiger partial charge in [0.05, 0.1) is 21.1 Å². The van der Waals surface area contributed by atoms with Crippen molar-refractivity contribution in [2.24, 2.45) is 0 Å². The summed E-state index contributed by atoms with van der Waals surface area (Å²) in [4.78, 5) is 29.7. The Bertz CT molecular complexity index is 1110. The van der Waals surface area contributed by atoms with E-state index in [1.807, 2.05) is 30.3 Å². The van der Waals surface area contributed by atoms with Crippen LogP contribution >= 0.6 is 11.8 Å². The van der Waals surface area contributed by atoms with E-state index in [1.54, 1.807) is 30.9 Å². The summed E-state index contributed by atoms with van der Waals surface area (Å²) in [5, 5.41) is 1.69. The fourth-order valence-corrected chi connectivity index (χ4v) is 6.23. The fourth-order valence-electron chi connectivity index (χ4n) is 3.93. The largest absolute Gasteiger partial charge is 0.368 e. The number of piperazine rings is 1. The molecule has 9 heteroatoms. The fraction of sp³-hybridized carbons (Fsp3) is 0.391. The van der Waals surface area contributed by atoms with Gasteiger partial charge in [-0.2, -0.15) is 0 Å². The van der Waals surface area contributed by atoms with Gasteiger partial charge in [-0.3, -0.25) is 9.59 Å². The molecule has 0 unspecified atom stereocenters. The van der Waals surface area contributed by atoms with Crippen LogP contribution in [0, 0.1) is 0 Å². The summed E-state index contributed by atoms with van der Waals surface area (Å²) in [7, 11) is -3.71. The van der Waals surface area contributed by atoms with Gasteiger partial charge in [-0.1, -0.05) is 18.2 Å². The molecule has 0 bridgehead atoms. The Morgan fingerprint density at radius 1 is 1.12 bits per heavy atom. The highest BCUT2D eigenvalue weighted by molar-refractivity contribution is 8.01. The Morgan fingerprint density at radius 3 is 2.50 bits per heavy atom. The smallest absolute Gasteiger partial charge is 0.237 e. The minimum Gasteiger partial charge on any atom is -0.368 e. The molecule has 1 saturated heterocycles. The van der Waals surface area contributed by atoms with Crippen molar-refractivity contribution in [1.29, 1.82) is 0 Å². The SMILES string of the molecule is C[C@@H]1Sc2ccc(S(=O)(=O)[C@@H](C)CC(=O)N3CCN(c4ccccc4)CC3)cc2NC1=O. The monoisotopic (exact) mass is 473 g/mol. The number of carbonyl (C=O) groups is 2. The van der Waals surface area contributed by atoms with Gasteiger partial charge in [-0.15, -0.1) is 11.8 Å². The first-order chi connectivity index (χ1) is 15.3. The first kappa shape index (κ1) is 22.7. The number of carbonyl (C=O) groups excluding carboxylic acids is 2. The van der Waals surface area contributed by atoms with Crippen LogP contribution in [0.3, 0.4) is 0 Å². The molecule has 4 rings (SSSR count). The van der Waals surface area contributed by atoms with Crippen LogP contribution in [-0.2, 0) is 19.4 Å². The molecule has 2 aliphatic rings. The second kappa shape index (κ2) is 9.15. The van der Waals surface area contributed by atoms with Gasteiger partial charge in [-0.05, 0) is 44.2 Å². The first-order valence-electron chi connectivity index (χ1n) is 10.7. The maximum Gasteiger partial charge on any atom is 0.237 e. The summed E-state index contributed by atoms with van der Waals surface area (Å²) in [5.41, 5.74) is 1.64. The summed E-state index contributed by atoms with van der Waals surface area (Å²) in [6, 6.07) is 14.8. The van der Waals surface area contributed by atoms with E-state index in [2.05, 4.69) is 10.2 Å². The zero-order chi connectivity index (χ0) is 22.9. The zero-order valence-corrected chi connectivity index (χ0v) is 19.8. The van der Waals surface area contributed by atoms with Crippen molar-refractivity contribution in [3.05, 3.63) is 48.5 Å². The van der Waals surface area contributed by atoms with E-state index in [-0.39, 0.29) is 28.4 Å². The van der Waals surface area contributed by atoms with E-state index < -0.39 is 15.1 Å². The lowest BCUT2D eigenvalue weighted by atomic mass is 10.2. The van der Waals surface area contributed by atoms with Gasteiger partial charge in [0.25, 0.3) is 0 Å². The van der Waals surface area contributed by atoms with Gasteiger partial charge < -0.3 is 15.1 Å². The predicted molar refractivity (Wildman–Crippen MR) is 127 cm³/mol. The number of benzene rings is 2. The molecule has 1 N–H and O–H groups in total. The topological polar surface area (TPSA) is 86.8 Å². The average Bonchev–Trinajstić information content (AvgIpc) is 2.80. The summed E-state index contributed by atoms with van der Waals surface area (Å²) in [5.74, 6) is -0.292. The molecule has 2 heterocycles. The molecule has 0 aromatic heterocycles. The Labute approximate surface area is 193 Å². The van der Waals surface area contributed by atoms with E-state index in [0.717, 1.165) is 23.7 Å². The average molecular weight is 474 g/mol. The highest BCUT2D eigenvalue weighted by Gasteiger charge is 2.31. The van der Waals surface area contributed by atoms with Gasteiger partial charge in [0.15, 0.2) is 9.84 Å². The van der Waals surface area contributed by atoms with Gasteiger partial charge in [0.1, 0.15) is 0 Å². The maximum atomic E-state index is 13.1. The number of nitrogens with one attached hydrogen (secondary N) is 1. The molecule has 1 fully saturated rings. The second-order valence-electron chi connectivity index (χ2n) is 8.17. The molecular formula is C23H27N3O4S2. The molecule has 0 saturated carbocycles. The number of rotatable bonds is 5. The third-order valence-electron chi connectivity index (χ3n) is 5.96. The first-order valence-corrected chi connectivity index (χ1v) is 13.1. The number of nitrogens with zero attached hydrogens (tertiary/aromatic N) is 2. The van der Waals surface area contributed by atoms with Gasteiger partial charge in [0.2, 0.25) is 11.8 Å². The molecular weight excluding hydrogens is 446 g/mol. The van der Waals surface area contributed by atoms with Crippen molar-refractivity contribution in [2.75, 3.05) is 36.4 Å². The van der Waals surface area contributed by atoms with Crippen LogP contribution < -0.4 is 10.2 Å². The highest BCUT2D eigenvalue weighted by Crippen LogP contribution is 2.37. The van der Waals surface area contributed by atoms with Crippen LogP contribution in [0.4, 0.5) is 11.4 Å². The van der Waals surface area contributed by atoms with E-state index in [0.29, 0.717) is 18.8 Å². The second-order valence-corrected chi connectivity index (χ2v) is 11.9. The van der Waals surface area contributed by atoms with E-state index in [1.165, 1.54) is 17.8 Å². The minimum absolute atomic E-state index is 0.0666. The molecule has 2 atom stereocenters. The quantitative estimate of drug-likeness (QED) is 0.718. The summed E-state index contributed by atoms with van der Waals surface area (Å²) in [6.07, 6.45) is -0.0666. The number of hydrogen-bond acceptors (Lipinski definition) is 6.